The molecule has 2 aromatic rings. The van der Waals surface area contributed by atoms with E-state index in [1.54, 1.807) is 0 Å². The van der Waals surface area contributed by atoms with Crippen molar-refractivity contribution in [2.45, 2.75) is 26.2 Å². The quantitative estimate of drug-likeness (QED) is 0.704. The summed E-state index contributed by atoms with van der Waals surface area (Å²) in [6.07, 6.45) is 3.40. The van der Waals surface area contributed by atoms with E-state index in [-0.39, 0.29) is 18.2 Å². The summed E-state index contributed by atoms with van der Waals surface area (Å²) in [4.78, 5) is 11.9. The third kappa shape index (κ3) is 4.71. The van der Waals surface area contributed by atoms with Gasteiger partial charge in [0.05, 0.1) is 0 Å². The van der Waals surface area contributed by atoms with Gasteiger partial charge in [0, 0.05) is 5.56 Å². The molecule has 0 unspecified atom stereocenters. The van der Waals surface area contributed by atoms with E-state index in [1.165, 1.54) is 42.7 Å². The van der Waals surface area contributed by atoms with Crippen molar-refractivity contribution >= 4 is 5.78 Å². The maximum atomic E-state index is 12.8. The Morgan fingerprint density at radius 2 is 1.71 bits per heavy atom. The molecule has 0 heterocycles. The lowest BCUT2D eigenvalue weighted by Gasteiger charge is -2.07. The molecule has 2 rings (SSSR count). The fourth-order valence-electron chi connectivity index (χ4n) is 2.00. The molecule has 0 aliphatic heterocycles. The molecule has 0 aromatic heterocycles. The number of halogens is 1. The second-order valence-corrected chi connectivity index (χ2v) is 4.97. The maximum Gasteiger partial charge on any atom is 0.200 e. The van der Waals surface area contributed by atoms with Crippen LogP contribution in [-0.4, -0.2) is 12.4 Å². The molecule has 0 saturated heterocycles. The number of benzene rings is 2. The van der Waals surface area contributed by atoms with Crippen molar-refractivity contribution in [2.75, 3.05) is 6.61 Å². The lowest BCUT2D eigenvalue weighted by Crippen LogP contribution is -2.11. The molecule has 0 amide bonds. The van der Waals surface area contributed by atoms with Gasteiger partial charge in [-0.05, 0) is 54.8 Å². The number of hydrogen-bond donors (Lipinski definition) is 0. The highest BCUT2D eigenvalue weighted by molar-refractivity contribution is 5.97. The summed E-state index contributed by atoms with van der Waals surface area (Å²) in [5, 5.41) is 0. The Morgan fingerprint density at radius 1 is 1.05 bits per heavy atom. The van der Waals surface area contributed by atoms with E-state index in [2.05, 4.69) is 6.92 Å². The van der Waals surface area contributed by atoms with Crippen LogP contribution in [0.4, 0.5) is 4.39 Å². The number of Topliss-reactive ketones (excluding diaryl/α,β-unsaturated/α-hetero) is 1. The molecular formula is C18H19FO2. The minimum atomic E-state index is -0.352. The van der Waals surface area contributed by atoms with Gasteiger partial charge < -0.3 is 4.74 Å². The third-order valence-electron chi connectivity index (χ3n) is 3.28. The number of hydrogen-bond acceptors (Lipinski definition) is 2. The Labute approximate surface area is 124 Å². The number of aryl methyl sites for hydroxylation is 1. The highest BCUT2D eigenvalue weighted by Crippen LogP contribution is 2.14. The van der Waals surface area contributed by atoms with E-state index in [9.17, 15) is 9.18 Å². The zero-order valence-corrected chi connectivity index (χ0v) is 12.1. The number of ketones is 1. The predicted molar refractivity (Wildman–Crippen MR) is 81.3 cm³/mol. The summed E-state index contributed by atoms with van der Waals surface area (Å²) in [5.41, 5.74) is 1.73. The first kappa shape index (κ1) is 15.2. The third-order valence-corrected chi connectivity index (χ3v) is 3.28. The predicted octanol–water partition coefficient (Wildman–Crippen LogP) is 4.43. The fourth-order valence-corrected chi connectivity index (χ4v) is 2.00. The van der Waals surface area contributed by atoms with Crippen LogP contribution in [0.2, 0.25) is 0 Å². The Hall–Kier alpha value is -2.16. The molecule has 0 saturated carbocycles. The van der Waals surface area contributed by atoms with Crippen molar-refractivity contribution in [2.24, 2.45) is 0 Å². The largest absolute Gasteiger partial charge is 0.485 e. The zero-order valence-electron chi connectivity index (χ0n) is 12.1. The lowest BCUT2D eigenvalue weighted by molar-refractivity contribution is 0.0921. The van der Waals surface area contributed by atoms with Crippen molar-refractivity contribution in [3.63, 3.8) is 0 Å². The summed E-state index contributed by atoms with van der Waals surface area (Å²) >= 11 is 0. The molecular weight excluding hydrogens is 267 g/mol. The molecule has 0 aliphatic rings. The van der Waals surface area contributed by atoms with E-state index in [0.29, 0.717) is 11.3 Å². The van der Waals surface area contributed by atoms with Gasteiger partial charge in [-0.1, -0.05) is 25.5 Å². The first-order chi connectivity index (χ1) is 10.2. The van der Waals surface area contributed by atoms with Gasteiger partial charge in [-0.25, -0.2) is 4.39 Å². The summed E-state index contributed by atoms with van der Waals surface area (Å²) in [5.74, 6) is 0.158. The number of rotatable bonds is 7. The van der Waals surface area contributed by atoms with Crippen molar-refractivity contribution in [1.82, 2.24) is 0 Å². The average molecular weight is 286 g/mol. The van der Waals surface area contributed by atoms with Crippen molar-refractivity contribution in [1.29, 1.82) is 0 Å². The van der Waals surface area contributed by atoms with Crippen LogP contribution in [0.3, 0.4) is 0 Å². The topological polar surface area (TPSA) is 26.3 Å². The van der Waals surface area contributed by atoms with Gasteiger partial charge in [-0.3, -0.25) is 4.79 Å². The van der Waals surface area contributed by atoms with Crippen LogP contribution in [-0.2, 0) is 6.42 Å². The second-order valence-electron chi connectivity index (χ2n) is 4.97. The van der Waals surface area contributed by atoms with Gasteiger partial charge in [0.25, 0.3) is 0 Å². The first-order valence-corrected chi connectivity index (χ1v) is 7.19. The first-order valence-electron chi connectivity index (χ1n) is 7.19. The van der Waals surface area contributed by atoms with Crippen molar-refractivity contribution in [3.05, 3.63) is 65.5 Å². The fraction of sp³-hybridized carbons (Fsp3) is 0.278. The lowest BCUT2D eigenvalue weighted by atomic mass is 10.1. The molecule has 0 radical (unpaired) electrons. The highest BCUT2D eigenvalue weighted by Gasteiger charge is 2.07. The van der Waals surface area contributed by atoms with Crippen LogP contribution in [0.25, 0.3) is 0 Å². The molecule has 0 fully saturated rings. The molecule has 2 nitrogen and oxygen atoms in total. The summed E-state index contributed by atoms with van der Waals surface area (Å²) in [7, 11) is 0. The molecule has 21 heavy (non-hydrogen) atoms. The minimum Gasteiger partial charge on any atom is -0.485 e. The molecule has 2 aromatic carbocycles. The number of carbonyl (C=O) groups excluding carboxylic acids is 1. The molecule has 0 aliphatic carbocycles. The van der Waals surface area contributed by atoms with Gasteiger partial charge in [0.2, 0.25) is 0 Å². The zero-order chi connectivity index (χ0) is 15.1. The standard InChI is InChI=1S/C18H19FO2/c1-2-3-4-14-5-11-17(12-6-14)21-13-18(20)15-7-9-16(19)10-8-15/h5-12H,2-4,13H2,1H3. The van der Waals surface area contributed by atoms with Crippen LogP contribution in [0, 0.1) is 5.82 Å². The van der Waals surface area contributed by atoms with Gasteiger partial charge in [-0.15, -0.1) is 0 Å². The second kappa shape index (κ2) is 7.58. The van der Waals surface area contributed by atoms with Crippen LogP contribution in [0.5, 0.6) is 5.75 Å². The molecule has 0 atom stereocenters. The van der Waals surface area contributed by atoms with Crippen molar-refractivity contribution < 1.29 is 13.9 Å². The Balaban J connectivity index is 1.87. The number of unbranched alkanes of at least 4 members (excludes halogenated alkanes) is 1. The number of carbonyl (C=O) groups is 1. The van der Waals surface area contributed by atoms with Gasteiger partial charge >= 0.3 is 0 Å². The van der Waals surface area contributed by atoms with E-state index < -0.39 is 0 Å². The normalized spacial score (nSPS) is 10.4. The average Bonchev–Trinajstić information content (AvgIpc) is 2.52. The Morgan fingerprint density at radius 3 is 2.33 bits per heavy atom. The summed E-state index contributed by atoms with van der Waals surface area (Å²) < 4.78 is 18.3. The van der Waals surface area contributed by atoms with Gasteiger partial charge in [0.1, 0.15) is 11.6 Å². The maximum absolute atomic E-state index is 12.8. The smallest absolute Gasteiger partial charge is 0.200 e. The van der Waals surface area contributed by atoms with E-state index in [0.717, 1.165) is 6.42 Å². The Bertz CT molecular complexity index is 573. The monoisotopic (exact) mass is 286 g/mol. The van der Waals surface area contributed by atoms with Crippen LogP contribution < -0.4 is 4.74 Å². The molecule has 0 bridgehead atoms. The minimum absolute atomic E-state index is 0.0417. The van der Waals surface area contributed by atoms with Crippen LogP contribution in [0.15, 0.2) is 48.5 Å². The molecule has 110 valence electrons. The van der Waals surface area contributed by atoms with Crippen LogP contribution >= 0.6 is 0 Å². The molecule has 3 heteroatoms. The van der Waals surface area contributed by atoms with Crippen molar-refractivity contribution in [3.8, 4) is 5.75 Å². The highest BCUT2D eigenvalue weighted by atomic mass is 19.1. The number of ether oxygens (including phenoxy) is 1. The van der Waals surface area contributed by atoms with E-state index >= 15 is 0 Å². The van der Waals surface area contributed by atoms with E-state index in [4.69, 9.17) is 4.74 Å². The van der Waals surface area contributed by atoms with E-state index in [1.807, 2.05) is 24.3 Å². The summed E-state index contributed by atoms with van der Waals surface area (Å²) in [6, 6.07) is 13.3. The molecule has 0 N–H and O–H groups in total. The Kier molecular flexibility index (Phi) is 5.50. The van der Waals surface area contributed by atoms with Gasteiger partial charge in [0.15, 0.2) is 12.4 Å². The van der Waals surface area contributed by atoms with Crippen LogP contribution in [0.1, 0.15) is 35.7 Å². The summed E-state index contributed by atoms with van der Waals surface area (Å²) in [6.45, 7) is 2.12. The SMILES string of the molecule is CCCCc1ccc(OCC(=O)c2ccc(F)cc2)cc1. The van der Waals surface area contributed by atoms with Gasteiger partial charge in [-0.2, -0.15) is 0 Å². The molecule has 0 spiro atoms.